The molecule has 0 aromatic heterocycles. The van der Waals surface area contributed by atoms with Gasteiger partial charge in [-0.25, -0.2) is 0 Å². The molecule has 15 heavy (non-hydrogen) atoms. The lowest BCUT2D eigenvalue weighted by Crippen LogP contribution is -2.42. The Morgan fingerprint density at radius 1 is 1.53 bits per heavy atom. The molecule has 0 spiro atoms. The Morgan fingerprint density at radius 3 is 2.73 bits per heavy atom. The van der Waals surface area contributed by atoms with Crippen molar-refractivity contribution in [1.29, 1.82) is 0 Å². The van der Waals surface area contributed by atoms with E-state index in [4.69, 9.17) is 5.73 Å². The van der Waals surface area contributed by atoms with Crippen LogP contribution in [0.3, 0.4) is 0 Å². The van der Waals surface area contributed by atoms with Crippen LogP contribution in [-0.4, -0.2) is 29.9 Å². The minimum Gasteiger partial charge on any atom is -0.342 e. The highest BCUT2D eigenvalue weighted by molar-refractivity contribution is 5.76. The third kappa shape index (κ3) is 3.82. The second kappa shape index (κ2) is 5.50. The molecule has 88 valence electrons. The largest absolute Gasteiger partial charge is 0.342 e. The topological polar surface area (TPSA) is 46.3 Å². The first-order valence-corrected chi connectivity index (χ1v) is 6.04. The molecule has 0 bridgehead atoms. The lowest BCUT2D eigenvalue weighted by Gasteiger charge is -2.32. The molecule has 0 radical (unpaired) electrons. The maximum Gasteiger partial charge on any atom is 0.224 e. The SMILES string of the molecule is CC1CCCN(C(=O)CC(N)C(C)C)C1. The maximum atomic E-state index is 11.9. The maximum absolute atomic E-state index is 11.9. The smallest absolute Gasteiger partial charge is 0.224 e. The van der Waals surface area contributed by atoms with Crippen molar-refractivity contribution in [2.45, 2.75) is 46.1 Å². The summed E-state index contributed by atoms with van der Waals surface area (Å²) < 4.78 is 0. The number of carbonyl (C=O) groups excluding carboxylic acids is 1. The standard InChI is InChI=1S/C12H24N2O/c1-9(2)11(13)7-12(15)14-6-4-5-10(3)8-14/h9-11H,4-8,13H2,1-3H3. The molecule has 1 aliphatic heterocycles. The van der Waals surface area contributed by atoms with Gasteiger partial charge >= 0.3 is 0 Å². The molecule has 1 aliphatic rings. The molecule has 0 saturated carbocycles. The number of carbonyl (C=O) groups is 1. The van der Waals surface area contributed by atoms with E-state index in [0.717, 1.165) is 19.5 Å². The van der Waals surface area contributed by atoms with Crippen LogP contribution < -0.4 is 5.73 Å². The second-order valence-electron chi connectivity index (χ2n) is 5.20. The zero-order chi connectivity index (χ0) is 11.4. The fraction of sp³-hybridized carbons (Fsp3) is 0.917. The summed E-state index contributed by atoms with van der Waals surface area (Å²) in [5, 5.41) is 0. The van der Waals surface area contributed by atoms with Crippen molar-refractivity contribution >= 4 is 5.91 Å². The molecular formula is C12H24N2O. The van der Waals surface area contributed by atoms with Gasteiger partial charge in [-0.05, 0) is 24.7 Å². The van der Waals surface area contributed by atoms with Crippen molar-refractivity contribution < 1.29 is 4.79 Å². The van der Waals surface area contributed by atoms with Gasteiger partial charge in [0.15, 0.2) is 0 Å². The molecule has 3 nitrogen and oxygen atoms in total. The molecule has 2 N–H and O–H groups in total. The average Bonchev–Trinajstić information content (AvgIpc) is 2.17. The van der Waals surface area contributed by atoms with Gasteiger partial charge in [0, 0.05) is 25.6 Å². The lowest BCUT2D eigenvalue weighted by molar-refractivity contribution is -0.133. The van der Waals surface area contributed by atoms with E-state index in [1.54, 1.807) is 0 Å². The quantitative estimate of drug-likeness (QED) is 0.772. The van der Waals surface area contributed by atoms with E-state index in [1.165, 1.54) is 6.42 Å². The highest BCUT2D eigenvalue weighted by Gasteiger charge is 2.23. The fourth-order valence-corrected chi connectivity index (χ4v) is 1.98. The van der Waals surface area contributed by atoms with Gasteiger partial charge in [0.2, 0.25) is 5.91 Å². The summed E-state index contributed by atoms with van der Waals surface area (Å²) in [5.41, 5.74) is 5.91. The van der Waals surface area contributed by atoms with E-state index >= 15 is 0 Å². The highest BCUT2D eigenvalue weighted by atomic mass is 16.2. The van der Waals surface area contributed by atoms with Gasteiger partial charge in [-0.15, -0.1) is 0 Å². The summed E-state index contributed by atoms with van der Waals surface area (Å²) in [6.45, 7) is 8.19. The number of hydrogen-bond donors (Lipinski definition) is 1. The minimum absolute atomic E-state index is 0.00901. The Bertz CT molecular complexity index is 216. The third-order valence-electron chi connectivity index (χ3n) is 3.28. The molecule has 0 aromatic rings. The molecule has 2 unspecified atom stereocenters. The van der Waals surface area contributed by atoms with E-state index in [0.29, 0.717) is 18.3 Å². The molecule has 0 aromatic carbocycles. The highest BCUT2D eigenvalue weighted by Crippen LogP contribution is 2.17. The average molecular weight is 212 g/mol. The summed E-state index contributed by atoms with van der Waals surface area (Å²) in [4.78, 5) is 13.9. The second-order valence-corrected chi connectivity index (χ2v) is 5.20. The van der Waals surface area contributed by atoms with E-state index in [2.05, 4.69) is 20.8 Å². The molecule has 1 amide bonds. The number of nitrogens with two attached hydrogens (primary N) is 1. The molecule has 1 saturated heterocycles. The van der Waals surface area contributed by atoms with Crippen molar-refractivity contribution in [3.8, 4) is 0 Å². The van der Waals surface area contributed by atoms with Gasteiger partial charge in [-0.2, -0.15) is 0 Å². The lowest BCUT2D eigenvalue weighted by atomic mass is 9.97. The number of likely N-dealkylation sites (tertiary alicyclic amines) is 1. The molecule has 1 heterocycles. The van der Waals surface area contributed by atoms with Crippen LogP contribution in [0, 0.1) is 11.8 Å². The van der Waals surface area contributed by atoms with Gasteiger partial charge in [0.1, 0.15) is 0 Å². The normalized spacial score (nSPS) is 24.3. The monoisotopic (exact) mass is 212 g/mol. The minimum atomic E-state index is 0.00901. The summed E-state index contributed by atoms with van der Waals surface area (Å²) >= 11 is 0. The van der Waals surface area contributed by atoms with Gasteiger partial charge in [-0.3, -0.25) is 4.79 Å². The van der Waals surface area contributed by atoms with Crippen LogP contribution in [0.5, 0.6) is 0 Å². The van der Waals surface area contributed by atoms with Crippen molar-refractivity contribution in [3.63, 3.8) is 0 Å². The van der Waals surface area contributed by atoms with E-state index in [9.17, 15) is 4.79 Å². The molecule has 1 rings (SSSR count). The van der Waals surface area contributed by atoms with Crippen molar-refractivity contribution in [2.24, 2.45) is 17.6 Å². The number of nitrogens with zero attached hydrogens (tertiary/aromatic N) is 1. The number of piperidine rings is 1. The van der Waals surface area contributed by atoms with Gasteiger partial charge < -0.3 is 10.6 Å². The van der Waals surface area contributed by atoms with Gasteiger partial charge in [-0.1, -0.05) is 20.8 Å². The van der Waals surface area contributed by atoms with Crippen LogP contribution in [0.25, 0.3) is 0 Å². The van der Waals surface area contributed by atoms with E-state index in [-0.39, 0.29) is 11.9 Å². The van der Waals surface area contributed by atoms with Crippen LogP contribution in [0.4, 0.5) is 0 Å². The Kier molecular flexibility index (Phi) is 4.58. The van der Waals surface area contributed by atoms with Crippen LogP contribution in [0.1, 0.15) is 40.0 Å². The molecule has 2 atom stereocenters. The first kappa shape index (κ1) is 12.5. The van der Waals surface area contributed by atoms with Gasteiger partial charge in [0.25, 0.3) is 0 Å². The van der Waals surface area contributed by atoms with Crippen LogP contribution in [0.2, 0.25) is 0 Å². The first-order chi connectivity index (χ1) is 7.00. The zero-order valence-corrected chi connectivity index (χ0v) is 10.2. The van der Waals surface area contributed by atoms with E-state index < -0.39 is 0 Å². The summed E-state index contributed by atoms with van der Waals surface area (Å²) in [5.74, 6) is 1.27. The Labute approximate surface area is 93.0 Å². The van der Waals surface area contributed by atoms with Crippen molar-refractivity contribution in [2.75, 3.05) is 13.1 Å². The predicted molar refractivity (Wildman–Crippen MR) is 62.4 cm³/mol. The molecule has 3 heteroatoms. The number of hydrogen-bond acceptors (Lipinski definition) is 2. The molecule has 0 aliphatic carbocycles. The Balaban J connectivity index is 2.39. The van der Waals surface area contributed by atoms with Crippen LogP contribution in [-0.2, 0) is 4.79 Å². The van der Waals surface area contributed by atoms with Crippen molar-refractivity contribution in [1.82, 2.24) is 4.90 Å². The molecule has 1 fully saturated rings. The Morgan fingerprint density at radius 2 is 2.20 bits per heavy atom. The number of rotatable bonds is 3. The summed E-state index contributed by atoms with van der Waals surface area (Å²) in [7, 11) is 0. The summed E-state index contributed by atoms with van der Waals surface area (Å²) in [6, 6.07) is 0.00901. The van der Waals surface area contributed by atoms with Crippen LogP contribution >= 0.6 is 0 Å². The first-order valence-electron chi connectivity index (χ1n) is 6.04. The van der Waals surface area contributed by atoms with Crippen molar-refractivity contribution in [3.05, 3.63) is 0 Å². The predicted octanol–water partition coefficient (Wildman–Crippen LogP) is 1.62. The Hall–Kier alpha value is -0.570. The van der Waals surface area contributed by atoms with E-state index in [1.807, 2.05) is 4.90 Å². The fourth-order valence-electron chi connectivity index (χ4n) is 1.98. The van der Waals surface area contributed by atoms with Crippen LogP contribution in [0.15, 0.2) is 0 Å². The molecular weight excluding hydrogens is 188 g/mol. The number of amides is 1. The third-order valence-corrected chi connectivity index (χ3v) is 3.28. The van der Waals surface area contributed by atoms with Gasteiger partial charge in [0.05, 0.1) is 0 Å². The summed E-state index contributed by atoms with van der Waals surface area (Å²) in [6.07, 6.45) is 2.90. The zero-order valence-electron chi connectivity index (χ0n) is 10.2.